The Morgan fingerprint density at radius 1 is 1.29 bits per heavy atom. The molecule has 2 aliphatic rings. The zero-order chi connectivity index (χ0) is 19.7. The molecule has 1 aliphatic heterocycles. The van der Waals surface area contributed by atoms with Gasteiger partial charge in [0.2, 0.25) is 0 Å². The Hall–Kier alpha value is -3.03. The molecular formula is C20H24N6O2. The summed E-state index contributed by atoms with van der Waals surface area (Å²) < 4.78 is 6.80. The fourth-order valence-electron chi connectivity index (χ4n) is 4.28. The van der Waals surface area contributed by atoms with Crippen LogP contribution in [0.2, 0.25) is 0 Å². The number of fused-ring (bicyclic) bond motifs is 1. The molecule has 1 amide bonds. The maximum absolute atomic E-state index is 11.8. The Bertz CT molecular complexity index is 930. The summed E-state index contributed by atoms with van der Waals surface area (Å²) in [4.78, 5) is 24.9. The number of carbonyl (C=O) groups is 1. The highest BCUT2D eigenvalue weighted by Gasteiger charge is 2.36. The molecule has 3 unspecified atom stereocenters. The summed E-state index contributed by atoms with van der Waals surface area (Å²) in [6, 6.07) is 0.433. The van der Waals surface area contributed by atoms with Crippen LogP contribution in [0, 0.1) is 11.8 Å². The molecule has 1 fully saturated rings. The first kappa shape index (κ1) is 18.3. The van der Waals surface area contributed by atoms with Crippen molar-refractivity contribution in [1.29, 1.82) is 0 Å². The van der Waals surface area contributed by atoms with Gasteiger partial charge in [0.15, 0.2) is 0 Å². The van der Waals surface area contributed by atoms with Crippen LogP contribution in [0.1, 0.15) is 30.4 Å². The van der Waals surface area contributed by atoms with E-state index in [4.69, 9.17) is 15.5 Å². The van der Waals surface area contributed by atoms with Crippen LogP contribution in [0.15, 0.2) is 35.9 Å². The molecule has 3 heterocycles. The van der Waals surface area contributed by atoms with Crippen molar-refractivity contribution in [3.05, 3.63) is 42.0 Å². The summed E-state index contributed by atoms with van der Waals surface area (Å²) in [6.07, 6.45) is 13.2. The number of hydrogen-bond acceptors (Lipinski definition) is 6. The molecule has 2 N–H and O–H groups in total. The van der Waals surface area contributed by atoms with E-state index >= 15 is 0 Å². The predicted octanol–water partition coefficient (Wildman–Crippen LogP) is 1.57. The number of ether oxygens (including phenoxy) is 1. The standard InChI is InChI=1S/C20H24N6O2/c1-26-11-14(10-24-26)16-7-18(19(21)27)25-17-6-12(3-4-15(16)17)5-13-8-22-20(28-2)23-9-13/h7-12,15,17H,3-6H2,1-2H3,(H2,21,27). The van der Waals surface area contributed by atoms with Crippen LogP contribution in [-0.2, 0) is 18.3 Å². The number of primary amides is 1. The molecule has 28 heavy (non-hydrogen) atoms. The number of aromatic nitrogens is 4. The second kappa shape index (κ2) is 7.53. The molecule has 0 bridgehead atoms. The third kappa shape index (κ3) is 3.67. The largest absolute Gasteiger partial charge is 0.467 e. The number of nitrogens with two attached hydrogens (primary N) is 1. The normalized spacial score (nSPS) is 24.1. The molecule has 0 spiro atoms. The van der Waals surface area contributed by atoms with Gasteiger partial charge < -0.3 is 10.5 Å². The number of aliphatic imine (C=N–C) groups is 1. The van der Waals surface area contributed by atoms with Crippen molar-refractivity contribution in [3.8, 4) is 6.01 Å². The van der Waals surface area contributed by atoms with Gasteiger partial charge in [0, 0.05) is 37.1 Å². The van der Waals surface area contributed by atoms with Crippen molar-refractivity contribution >= 4 is 17.2 Å². The molecule has 2 aromatic rings. The number of carbonyl (C=O) groups excluding carboxylic acids is 1. The van der Waals surface area contributed by atoms with Gasteiger partial charge >= 0.3 is 6.01 Å². The van der Waals surface area contributed by atoms with Crippen LogP contribution < -0.4 is 10.5 Å². The third-order valence-corrected chi connectivity index (χ3v) is 5.60. The topological polar surface area (TPSA) is 108 Å². The zero-order valence-corrected chi connectivity index (χ0v) is 16.1. The van der Waals surface area contributed by atoms with Crippen molar-refractivity contribution in [2.75, 3.05) is 7.11 Å². The molecule has 4 rings (SSSR count). The molecule has 2 aromatic heterocycles. The first-order valence-corrected chi connectivity index (χ1v) is 9.46. The van der Waals surface area contributed by atoms with Gasteiger partial charge in [0.25, 0.3) is 5.91 Å². The van der Waals surface area contributed by atoms with Crippen LogP contribution in [0.25, 0.3) is 5.57 Å². The summed E-state index contributed by atoms with van der Waals surface area (Å²) in [6.45, 7) is 0. The maximum Gasteiger partial charge on any atom is 0.316 e. The number of amides is 1. The van der Waals surface area contributed by atoms with Gasteiger partial charge in [-0.3, -0.25) is 14.5 Å². The van der Waals surface area contributed by atoms with E-state index in [1.165, 1.54) is 0 Å². The van der Waals surface area contributed by atoms with E-state index in [2.05, 4.69) is 15.1 Å². The molecule has 8 heteroatoms. The first-order valence-electron chi connectivity index (χ1n) is 9.46. The van der Waals surface area contributed by atoms with Gasteiger partial charge in [0.05, 0.1) is 19.3 Å². The number of rotatable bonds is 5. The monoisotopic (exact) mass is 380 g/mol. The Balaban J connectivity index is 1.54. The van der Waals surface area contributed by atoms with Gasteiger partial charge in [-0.15, -0.1) is 0 Å². The highest BCUT2D eigenvalue weighted by atomic mass is 16.5. The number of dihydropyridines is 1. The van der Waals surface area contributed by atoms with Crippen molar-refractivity contribution in [2.24, 2.45) is 29.6 Å². The average Bonchev–Trinajstić information content (AvgIpc) is 3.13. The summed E-state index contributed by atoms with van der Waals surface area (Å²) in [7, 11) is 3.45. The van der Waals surface area contributed by atoms with Crippen molar-refractivity contribution in [3.63, 3.8) is 0 Å². The predicted molar refractivity (Wildman–Crippen MR) is 105 cm³/mol. The van der Waals surface area contributed by atoms with Crippen molar-refractivity contribution in [2.45, 2.75) is 31.7 Å². The van der Waals surface area contributed by atoms with Crippen LogP contribution >= 0.6 is 0 Å². The van der Waals surface area contributed by atoms with E-state index < -0.39 is 5.91 Å². The fraction of sp³-hybridized carbons (Fsp3) is 0.450. The summed E-state index contributed by atoms with van der Waals surface area (Å²) in [5.74, 6) is 0.269. The number of hydrogen-bond donors (Lipinski definition) is 1. The van der Waals surface area contributed by atoms with E-state index in [0.29, 0.717) is 17.6 Å². The average molecular weight is 380 g/mol. The van der Waals surface area contributed by atoms with E-state index in [1.807, 2.05) is 37.9 Å². The van der Waals surface area contributed by atoms with Crippen LogP contribution in [-0.4, -0.2) is 44.5 Å². The fourth-order valence-corrected chi connectivity index (χ4v) is 4.28. The van der Waals surface area contributed by atoms with Crippen LogP contribution in [0.4, 0.5) is 0 Å². The van der Waals surface area contributed by atoms with Gasteiger partial charge in [-0.25, -0.2) is 9.97 Å². The smallest absolute Gasteiger partial charge is 0.316 e. The molecule has 0 aromatic carbocycles. The number of nitrogens with zero attached hydrogens (tertiary/aromatic N) is 5. The Morgan fingerprint density at radius 2 is 2.07 bits per heavy atom. The lowest BCUT2D eigenvalue weighted by Crippen LogP contribution is -2.36. The van der Waals surface area contributed by atoms with Crippen LogP contribution in [0.5, 0.6) is 6.01 Å². The Kier molecular flexibility index (Phi) is 4.93. The van der Waals surface area contributed by atoms with E-state index in [1.54, 1.807) is 11.8 Å². The minimum atomic E-state index is -0.481. The highest BCUT2D eigenvalue weighted by molar-refractivity contribution is 6.44. The van der Waals surface area contributed by atoms with E-state index in [9.17, 15) is 4.79 Å². The first-order chi connectivity index (χ1) is 13.5. The Labute approximate surface area is 163 Å². The minimum absolute atomic E-state index is 0.0561. The zero-order valence-electron chi connectivity index (χ0n) is 16.1. The van der Waals surface area contributed by atoms with E-state index in [0.717, 1.165) is 42.4 Å². The molecule has 0 saturated heterocycles. The van der Waals surface area contributed by atoms with Crippen LogP contribution in [0.3, 0.4) is 0 Å². The van der Waals surface area contributed by atoms with Gasteiger partial charge in [0.1, 0.15) is 5.71 Å². The van der Waals surface area contributed by atoms with Gasteiger partial charge in [-0.05, 0) is 48.8 Å². The SMILES string of the molecule is COc1ncc(CC2CCC3C(c4cnn(C)c4)=CC(C(N)=O)=NC3C2)cn1. The second-order valence-corrected chi connectivity index (χ2v) is 7.52. The molecule has 0 radical (unpaired) electrons. The molecule has 1 aliphatic carbocycles. The quantitative estimate of drug-likeness (QED) is 0.847. The molecule has 3 atom stereocenters. The number of methoxy groups -OCH3 is 1. The van der Waals surface area contributed by atoms with Gasteiger partial charge in [-0.1, -0.05) is 0 Å². The summed E-state index contributed by atoms with van der Waals surface area (Å²) in [5, 5.41) is 4.28. The number of aryl methyl sites for hydroxylation is 1. The highest BCUT2D eigenvalue weighted by Crippen LogP contribution is 2.42. The second-order valence-electron chi connectivity index (χ2n) is 7.52. The molecule has 8 nitrogen and oxygen atoms in total. The van der Waals surface area contributed by atoms with E-state index in [-0.39, 0.29) is 12.0 Å². The lowest BCUT2D eigenvalue weighted by molar-refractivity contribution is -0.111. The molecular weight excluding hydrogens is 356 g/mol. The van der Waals surface area contributed by atoms with Gasteiger partial charge in [-0.2, -0.15) is 5.10 Å². The maximum atomic E-state index is 11.8. The summed E-state index contributed by atoms with van der Waals surface area (Å²) in [5.41, 5.74) is 9.15. The minimum Gasteiger partial charge on any atom is -0.467 e. The summed E-state index contributed by atoms with van der Waals surface area (Å²) >= 11 is 0. The molecule has 146 valence electrons. The van der Waals surface area contributed by atoms with Crippen molar-refractivity contribution in [1.82, 2.24) is 19.7 Å². The lowest BCUT2D eigenvalue weighted by atomic mass is 9.71. The Morgan fingerprint density at radius 3 is 2.71 bits per heavy atom. The van der Waals surface area contributed by atoms with Crippen molar-refractivity contribution < 1.29 is 9.53 Å². The lowest BCUT2D eigenvalue weighted by Gasteiger charge is -2.37. The third-order valence-electron chi connectivity index (χ3n) is 5.60. The molecule has 1 saturated carbocycles.